The second-order valence-electron chi connectivity index (χ2n) is 7.04. The Morgan fingerprint density at radius 2 is 2.00 bits per heavy atom. The van der Waals surface area contributed by atoms with E-state index in [0.717, 1.165) is 53.4 Å². The molecule has 1 aromatic carbocycles. The van der Waals surface area contributed by atoms with Gasteiger partial charge in [-0.15, -0.1) is 0 Å². The molecular weight excluding hydrogens is 368 g/mol. The monoisotopic (exact) mass is 390 g/mol. The van der Waals surface area contributed by atoms with Crippen molar-refractivity contribution in [2.75, 3.05) is 19.5 Å². The van der Waals surface area contributed by atoms with Crippen molar-refractivity contribution < 1.29 is 13.9 Å². The Kier molecular flexibility index (Phi) is 4.35. The Morgan fingerprint density at radius 3 is 2.79 bits per heavy atom. The van der Waals surface area contributed by atoms with Gasteiger partial charge in [-0.1, -0.05) is 0 Å². The van der Waals surface area contributed by atoms with Crippen molar-refractivity contribution in [3.8, 4) is 22.8 Å². The van der Waals surface area contributed by atoms with Gasteiger partial charge in [0.1, 0.15) is 11.6 Å². The number of rotatable bonds is 6. The van der Waals surface area contributed by atoms with Crippen LogP contribution in [0.2, 0.25) is 0 Å². The van der Waals surface area contributed by atoms with E-state index in [9.17, 15) is 0 Å². The molecule has 0 radical (unpaired) electrons. The van der Waals surface area contributed by atoms with Crippen LogP contribution >= 0.6 is 0 Å². The average molecular weight is 390 g/mol. The van der Waals surface area contributed by atoms with Gasteiger partial charge in [-0.2, -0.15) is 9.61 Å². The number of fused-ring (bicyclic) bond motifs is 2. The van der Waals surface area contributed by atoms with E-state index in [1.165, 1.54) is 5.56 Å². The van der Waals surface area contributed by atoms with Crippen molar-refractivity contribution in [3.05, 3.63) is 59.7 Å². The lowest BCUT2D eigenvalue weighted by atomic mass is 10.1. The largest absolute Gasteiger partial charge is 0.493 e. The highest BCUT2D eigenvalue weighted by molar-refractivity contribution is 5.69. The average Bonchev–Trinajstić information content (AvgIpc) is 3.50. The van der Waals surface area contributed by atoms with Gasteiger partial charge >= 0.3 is 0 Å². The van der Waals surface area contributed by atoms with Crippen molar-refractivity contribution >= 4 is 11.5 Å². The molecular formula is C22H22N4O3. The number of benzene rings is 1. The molecule has 0 unspecified atom stereocenters. The predicted octanol–water partition coefficient (Wildman–Crippen LogP) is 4.11. The molecule has 3 heterocycles. The van der Waals surface area contributed by atoms with Crippen molar-refractivity contribution in [3.63, 3.8) is 0 Å². The summed E-state index contributed by atoms with van der Waals surface area (Å²) >= 11 is 0. The van der Waals surface area contributed by atoms with Gasteiger partial charge < -0.3 is 19.2 Å². The minimum atomic E-state index is 0.601. The van der Waals surface area contributed by atoms with Crippen LogP contribution in [-0.2, 0) is 19.4 Å². The predicted molar refractivity (Wildman–Crippen MR) is 110 cm³/mol. The SMILES string of the molecule is COc1ccc(-c2cc3nc4c(c(NCc5ccco5)n3n2)CCC4)cc1OC. The molecule has 1 N–H and O–H groups in total. The number of aromatic nitrogens is 3. The molecule has 0 saturated carbocycles. The second-order valence-corrected chi connectivity index (χ2v) is 7.04. The van der Waals surface area contributed by atoms with E-state index in [-0.39, 0.29) is 0 Å². The standard InChI is InChI=1S/C22H22N4O3/c1-27-19-9-8-14(11-20(19)28-2)18-12-21-24-17-7-3-6-16(17)22(26(21)25-18)23-13-15-5-4-10-29-15/h4-5,8-12,23H,3,6-7,13H2,1-2H3. The molecule has 7 heteroatoms. The first-order valence-electron chi connectivity index (χ1n) is 9.67. The van der Waals surface area contributed by atoms with Crippen LogP contribution in [0.15, 0.2) is 47.1 Å². The molecule has 0 saturated heterocycles. The fourth-order valence-electron chi connectivity index (χ4n) is 3.89. The molecule has 1 aliphatic rings. The van der Waals surface area contributed by atoms with E-state index in [0.29, 0.717) is 18.0 Å². The molecule has 7 nitrogen and oxygen atoms in total. The molecule has 0 amide bonds. The number of ether oxygens (including phenoxy) is 2. The van der Waals surface area contributed by atoms with Crippen LogP contribution in [0.1, 0.15) is 23.4 Å². The third-order valence-electron chi connectivity index (χ3n) is 5.32. The van der Waals surface area contributed by atoms with E-state index < -0.39 is 0 Å². The highest BCUT2D eigenvalue weighted by Crippen LogP contribution is 2.34. The van der Waals surface area contributed by atoms with Gasteiger partial charge in [-0.05, 0) is 49.6 Å². The fraction of sp³-hybridized carbons (Fsp3) is 0.273. The molecule has 148 valence electrons. The van der Waals surface area contributed by atoms with Crippen molar-refractivity contribution in [1.82, 2.24) is 14.6 Å². The highest BCUT2D eigenvalue weighted by atomic mass is 16.5. The van der Waals surface area contributed by atoms with E-state index in [2.05, 4.69) is 5.32 Å². The van der Waals surface area contributed by atoms with E-state index in [1.54, 1.807) is 20.5 Å². The van der Waals surface area contributed by atoms with E-state index in [4.69, 9.17) is 24.0 Å². The van der Waals surface area contributed by atoms with Gasteiger partial charge in [0.05, 0.1) is 32.7 Å². The number of nitrogens with one attached hydrogen (secondary N) is 1. The third kappa shape index (κ3) is 3.08. The summed E-state index contributed by atoms with van der Waals surface area (Å²) in [5.74, 6) is 3.24. The zero-order valence-corrected chi connectivity index (χ0v) is 16.4. The van der Waals surface area contributed by atoms with Gasteiger partial charge in [0.15, 0.2) is 17.1 Å². The maximum absolute atomic E-state index is 5.48. The highest BCUT2D eigenvalue weighted by Gasteiger charge is 2.22. The van der Waals surface area contributed by atoms with Crippen molar-refractivity contribution in [1.29, 1.82) is 0 Å². The van der Waals surface area contributed by atoms with Gasteiger partial charge in [-0.25, -0.2) is 4.98 Å². The van der Waals surface area contributed by atoms with Crippen LogP contribution < -0.4 is 14.8 Å². The molecule has 3 aromatic heterocycles. The fourth-order valence-corrected chi connectivity index (χ4v) is 3.89. The zero-order valence-electron chi connectivity index (χ0n) is 16.4. The first-order chi connectivity index (χ1) is 14.3. The smallest absolute Gasteiger partial charge is 0.161 e. The van der Waals surface area contributed by atoms with Gasteiger partial charge in [-0.3, -0.25) is 0 Å². The summed E-state index contributed by atoms with van der Waals surface area (Å²) in [6, 6.07) is 11.7. The van der Waals surface area contributed by atoms with E-state index >= 15 is 0 Å². The third-order valence-corrected chi connectivity index (χ3v) is 5.32. The molecule has 0 aliphatic heterocycles. The summed E-state index contributed by atoms with van der Waals surface area (Å²) in [6.45, 7) is 0.601. The van der Waals surface area contributed by atoms with Crippen LogP contribution in [0.3, 0.4) is 0 Å². The van der Waals surface area contributed by atoms with Gasteiger partial charge in [0.2, 0.25) is 0 Å². The molecule has 29 heavy (non-hydrogen) atoms. The maximum Gasteiger partial charge on any atom is 0.161 e. The number of furan rings is 1. The molecule has 0 bridgehead atoms. The lowest BCUT2D eigenvalue weighted by Gasteiger charge is -2.12. The van der Waals surface area contributed by atoms with Gasteiger partial charge in [0, 0.05) is 22.9 Å². The number of methoxy groups -OCH3 is 2. The lowest BCUT2D eigenvalue weighted by Crippen LogP contribution is -2.09. The number of hydrogen-bond acceptors (Lipinski definition) is 6. The Bertz CT molecular complexity index is 1160. The molecule has 0 fully saturated rings. The van der Waals surface area contributed by atoms with Crippen LogP contribution in [0.5, 0.6) is 11.5 Å². The number of hydrogen-bond donors (Lipinski definition) is 1. The van der Waals surface area contributed by atoms with Crippen molar-refractivity contribution in [2.45, 2.75) is 25.8 Å². The first kappa shape index (κ1) is 17.6. The quantitative estimate of drug-likeness (QED) is 0.534. The number of nitrogens with zero attached hydrogens (tertiary/aromatic N) is 3. The van der Waals surface area contributed by atoms with Crippen LogP contribution in [0, 0.1) is 0 Å². The minimum Gasteiger partial charge on any atom is -0.493 e. The van der Waals surface area contributed by atoms with Crippen LogP contribution in [0.25, 0.3) is 16.9 Å². The number of anilines is 1. The normalized spacial score (nSPS) is 12.9. The maximum atomic E-state index is 5.48. The first-order valence-corrected chi connectivity index (χ1v) is 9.67. The Morgan fingerprint density at radius 1 is 1.10 bits per heavy atom. The molecule has 0 spiro atoms. The van der Waals surface area contributed by atoms with Crippen molar-refractivity contribution in [2.24, 2.45) is 0 Å². The molecule has 1 aliphatic carbocycles. The summed E-state index contributed by atoms with van der Waals surface area (Å²) in [5, 5.41) is 8.37. The summed E-state index contributed by atoms with van der Waals surface area (Å²) in [4.78, 5) is 4.86. The second kappa shape index (κ2) is 7.16. The Hall–Kier alpha value is -3.48. The Labute approximate surface area is 168 Å². The summed E-state index contributed by atoms with van der Waals surface area (Å²) in [6.07, 6.45) is 4.81. The Balaban J connectivity index is 1.58. The van der Waals surface area contributed by atoms with Crippen LogP contribution in [-0.4, -0.2) is 28.8 Å². The molecule has 5 rings (SSSR count). The minimum absolute atomic E-state index is 0.601. The molecule has 4 aromatic rings. The zero-order chi connectivity index (χ0) is 19.8. The van der Waals surface area contributed by atoms with E-state index in [1.807, 2.05) is 40.9 Å². The van der Waals surface area contributed by atoms with Crippen LogP contribution in [0.4, 0.5) is 5.82 Å². The number of aryl methyl sites for hydroxylation is 1. The van der Waals surface area contributed by atoms with Gasteiger partial charge in [0.25, 0.3) is 0 Å². The summed E-state index contributed by atoms with van der Waals surface area (Å²) in [5.41, 5.74) is 5.01. The summed E-state index contributed by atoms with van der Waals surface area (Å²) in [7, 11) is 3.26. The molecule has 0 atom stereocenters. The lowest BCUT2D eigenvalue weighted by molar-refractivity contribution is 0.355. The summed E-state index contributed by atoms with van der Waals surface area (Å²) < 4.78 is 18.2. The topological polar surface area (TPSA) is 73.8 Å².